The van der Waals surface area contributed by atoms with Gasteiger partial charge in [0.2, 0.25) is 17.2 Å². The van der Waals surface area contributed by atoms with Gasteiger partial charge in [0.15, 0.2) is 23.6 Å². The molecule has 3 aromatic heterocycles. The van der Waals surface area contributed by atoms with Crippen LogP contribution in [0.3, 0.4) is 0 Å². The summed E-state index contributed by atoms with van der Waals surface area (Å²) in [6.07, 6.45) is 0.00865. The van der Waals surface area contributed by atoms with E-state index < -0.39 is 52.5 Å². The number of aromatic amines is 1. The molecule has 2 aliphatic heterocycles. The summed E-state index contributed by atoms with van der Waals surface area (Å²) in [4.78, 5) is 77.0. The smallest absolute Gasteiger partial charge is 0.352 e. The number of nitrogens with zero attached hydrogens (tertiary/aromatic N) is 4. The number of benzene rings is 2. The SMILES string of the molecule is Nc1nc(/C(=N/OC(C(=O)O)c2ccc(O)c3[nH]c(=O)ccc23)C(=O)N[C@@H]2C(=O)N3C(C(=O)O)=C(C[n+]4cccc5ccccc54)CSC23)cs1. The van der Waals surface area contributed by atoms with Crippen LogP contribution in [0.5, 0.6) is 5.75 Å². The van der Waals surface area contributed by atoms with Crippen LogP contribution >= 0.6 is 23.1 Å². The number of amides is 2. The van der Waals surface area contributed by atoms with Gasteiger partial charge in [-0.1, -0.05) is 23.4 Å². The number of aliphatic carboxylic acids is 2. The molecule has 16 nitrogen and oxygen atoms in total. The van der Waals surface area contributed by atoms with E-state index in [1.54, 1.807) is 0 Å². The van der Waals surface area contributed by atoms with Crippen LogP contribution in [0.1, 0.15) is 17.4 Å². The number of fused-ring (bicyclic) bond motifs is 3. The number of pyridine rings is 2. The number of carbonyl (C=O) groups excluding carboxylic acids is 2. The number of oxime groups is 1. The summed E-state index contributed by atoms with van der Waals surface area (Å²) in [6, 6.07) is 15.2. The number of rotatable bonds is 10. The Balaban J connectivity index is 1.15. The minimum absolute atomic E-state index is 0.00160. The van der Waals surface area contributed by atoms with Crippen LogP contribution in [0.15, 0.2) is 93.5 Å². The Hall–Kier alpha value is -6.27. The van der Waals surface area contributed by atoms with E-state index in [9.17, 15) is 39.3 Å². The van der Waals surface area contributed by atoms with Crippen LogP contribution in [-0.4, -0.2) is 76.8 Å². The Bertz CT molecular complexity index is 2400. The lowest BCUT2D eigenvalue weighted by molar-refractivity contribution is -0.663. The molecule has 0 spiro atoms. The molecule has 0 radical (unpaired) electrons. The van der Waals surface area contributed by atoms with Crippen LogP contribution in [0.25, 0.3) is 21.8 Å². The summed E-state index contributed by atoms with van der Waals surface area (Å²) >= 11 is 2.26. The van der Waals surface area contributed by atoms with Crippen molar-refractivity contribution < 1.29 is 43.9 Å². The Morgan fingerprint density at radius 2 is 1.90 bits per heavy atom. The highest BCUT2D eigenvalue weighted by atomic mass is 32.2. The third-order valence-corrected chi connectivity index (χ3v) is 10.3. The fourth-order valence-corrected chi connectivity index (χ4v) is 7.89. The number of carboxylic acid groups (broad SMARTS) is 2. The molecule has 0 bridgehead atoms. The first-order valence-corrected chi connectivity index (χ1v) is 17.1. The van der Waals surface area contributed by atoms with E-state index in [1.807, 2.05) is 47.2 Å². The number of aromatic hydroxyl groups is 1. The number of hydrogen-bond donors (Lipinski definition) is 6. The number of nitrogen functional groups attached to an aromatic ring is 1. The number of β-lactam (4-membered cyclic amide) rings is 1. The minimum atomic E-state index is -1.83. The van der Waals surface area contributed by atoms with Crippen LogP contribution in [0, 0.1) is 0 Å². The lowest BCUT2D eigenvalue weighted by Gasteiger charge is -2.49. The van der Waals surface area contributed by atoms with Gasteiger partial charge < -0.3 is 36.2 Å². The first-order valence-electron chi connectivity index (χ1n) is 15.1. The molecule has 258 valence electrons. The second-order valence-corrected chi connectivity index (χ2v) is 13.4. The molecule has 3 atom stereocenters. The van der Waals surface area contributed by atoms with Gasteiger partial charge in [-0.05, 0) is 24.3 Å². The highest BCUT2D eigenvalue weighted by molar-refractivity contribution is 8.00. The molecule has 2 aliphatic rings. The Labute approximate surface area is 294 Å². The number of H-pyrrole nitrogens is 1. The Kier molecular flexibility index (Phi) is 8.61. The molecule has 5 aromatic rings. The number of phenolic OH excluding ortho intramolecular Hbond substituents is 1. The topological polar surface area (TPSA) is 241 Å². The fraction of sp³-hybridized carbons (Fsp3) is 0.152. The number of para-hydroxylation sites is 1. The third-order valence-electron chi connectivity index (χ3n) is 8.33. The highest BCUT2D eigenvalue weighted by Crippen LogP contribution is 2.40. The number of nitrogens with one attached hydrogen (secondary N) is 2. The average Bonchev–Trinajstić information content (AvgIpc) is 3.54. The fourth-order valence-electron chi connectivity index (χ4n) is 6.01. The molecule has 1 saturated heterocycles. The predicted octanol–water partition coefficient (Wildman–Crippen LogP) is 1.70. The number of carbonyl (C=O) groups is 4. The quantitative estimate of drug-likeness (QED) is 0.0521. The summed E-state index contributed by atoms with van der Waals surface area (Å²) in [5.74, 6) is -4.46. The summed E-state index contributed by atoms with van der Waals surface area (Å²) in [5.41, 5.74) is 5.91. The van der Waals surface area contributed by atoms with E-state index in [0.717, 1.165) is 33.2 Å². The molecule has 7 rings (SSSR count). The summed E-state index contributed by atoms with van der Waals surface area (Å²) < 4.78 is 1.91. The zero-order valence-corrected chi connectivity index (χ0v) is 27.7. The van der Waals surface area contributed by atoms with Crippen molar-refractivity contribution in [3.05, 3.63) is 105 Å². The van der Waals surface area contributed by atoms with Crippen LogP contribution in [0.4, 0.5) is 5.13 Å². The average molecular weight is 729 g/mol. The first kappa shape index (κ1) is 33.2. The molecule has 5 heterocycles. The van der Waals surface area contributed by atoms with Crippen molar-refractivity contribution in [1.29, 1.82) is 0 Å². The normalized spacial score (nSPS) is 17.9. The molecule has 2 aromatic carbocycles. The van der Waals surface area contributed by atoms with Gasteiger partial charge in [-0.3, -0.25) is 19.3 Å². The van der Waals surface area contributed by atoms with Crippen molar-refractivity contribution in [3.63, 3.8) is 0 Å². The molecular weight excluding hydrogens is 703 g/mol. The summed E-state index contributed by atoms with van der Waals surface area (Å²) in [6.45, 7) is 0.222. The zero-order chi connectivity index (χ0) is 36.0. The van der Waals surface area contributed by atoms with E-state index in [4.69, 9.17) is 10.6 Å². The molecular formula is C33H26N7O9S2+. The molecule has 7 N–H and O–H groups in total. The van der Waals surface area contributed by atoms with Gasteiger partial charge in [0.05, 0.1) is 5.52 Å². The largest absolute Gasteiger partial charge is 0.506 e. The summed E-state index contributed by atoms with van der Waals surface area (Å²) in [7, 11) is 0. The minimum Gasteiger partial charge on any atom is -0.506 e. The number of phenols is 1. The van der Waals surface area contributed by atoms with Crippen LogP contribution in [0.2, 0.25) is 0 Å². The monoisotopic (exact) mass is 728 g/mol. The van der Waals surface area contributed by atoms with Crippen LogP contribution in [-0.2, 0) is 30.6 Å². The molecule has 18 heteroatoms. The maximum Gasteiger partial charge on any atom is 0.352 e. The van der Waals surface area contributed by atoms with Crippen LogP contribution < -0.4 is 21.2 Å². The zero-order valence-electron chi connectivity index (χ0n) is 26.0. The van der Waals surface area contributed by atoms with Crippen molar-refractivity contribution in [1.82, 2.24) is 20.2 Å². The van der Waals surface area contributed by atoms with Crippen molar-refractivity contribution in [2.75, 3.05) is 11.5 Å². The van der Waals surface area contributed by atoms with Crippen molar-refractivity contribution in [2.24, 2.45) is 5.16 Å². The molecule has 2 amide bonds. The molecule has 0 aliphatic carbocycles. The maximum absolute atomic E-state index is 13.7. The second kappa shape index (κ2) is 13.2. The van der Waals surface area contributed by atoms with Gasteiger partial charge >= 0.3 is 11.9 Å². The van der Waals surface area contributed by atoms with E-state index in [1.165, 1.54) is 35.3 Å². The number of hydrogen-bond acceptors (Lipinski definition) is 12. The van der Waals surface area contributed by atoms with Gasteiger partial charge in [0.1, 0.15) is 28.6 Å². The van der Waals surface area contributed by atoms with Gasteiger partial charge in [0, 0.05) is 51.2 Å². The molecule has 2 unspecified atom stereocenters. The van der Waals surface area contributed by atoms with Gasteiger partial charge in [-0.25, -0.2) is 14.6 Å². The number of anilines is 1. The Morgan fingerprint density at radius 1 is 1.12 bits per heavy atom. The van der Waals surface area contributed by atoms with E-state index in [-0.39, 0.29) is 51.0 Å². The Morgan fingerprint density at radius 3 is 2.65 bits per heavy atom. The third kappa shape index (κ3) is 6.10. The van der Waals surface area contributed by atoms with Gasteiger partial charge in [-0.15, -0.1) is 23.1 Å². The predicted molar refractivity (Wildman–Crippen MR) is 185 cm³/mol. The molecule has 51 heavy (non-hydrogen) atoms. The van der Waals surface area contributed by atoms with Gasteiger partial charge in [-0.2, -0.15) is 4.57 Å². The van der Waals surface area contributed by atoms with Crippen molar-refractivity contribution >= 4 is 79.5 Å². The van der Waals surface area contributed by atoms with Crippen molar-refractivity contribution in [2.45, 2.75) is 24.1 Å². The molecule has 1 fully saturated rings. The first-order chi connectivity index (χ1) is 24.5. The number of thiazole rings is 1. The lowest BCUT2D eigenvalue weighted by Crippen LogP contribution is -2.71. The van der Waals surface area contributed by atoms with E-state index in [2.05, 4.69) is 20.4 Å². The number of aromatic nitrogens is 3. The molecule has 0 saturated carbocycles. The van der Waals surface area contributed by atoms with E-state index >= 15 is 0 Å². The van der Waals surface area contributed by atoms with Gasteiger partial charge in [0.25, 0.3) is 11.8 Å². The number of thioether (sulfide) groups is 1. The standard InChI is InChI=1S/C33H25N7O9S2/c34-33-35-19(14-51-33)24(38-49-27(32(47)48)18-7-9-21(41)23-17(18)8-10-22(42)36-23)28(43)37-25-29(44)40-26(31(45)46)16(13-50-30(25)40)12-39-11-3-5-15-4-1-2-6-20(15)39/h1-11,14,25,27,30H,12-13H2,(H6-,34,35,36,37,38,41,42,43,45,46,47,48)/p+1/t25-,27?,30?/m1/s1. The number of carboxylic acids is 2. The van der Waals surface area contributed by atoms with E-state index in [0.29, 0.717) is 5.57 Å². The lowest BCUT2D eigenvalue weighted by atomic mass is 10.0. The highest BCUT2D eigenvalue weighted by Gasteiger charge is 2.55. The summed E-state index contributed by atoms with van der Waals surface area (Å²) in [5, 5.41) is 38.8. The van der Waals surface area contributed by atoms with Crippen molar-refractivity contribution in [3.8, 4) is 5.75 Å². The second-order valence-electron chi connectivity index (χ2n) is 11.4. The maximum atomic E-state index is 13.7. The number of nitrogens with two attached hydrogens (primary N) is 1.